The third-order valence-corrected chi connectivity index (χ3v) is 4.88. The van der Waals surface area contributed by atoms with Gasteiger partial charge in [-0.15, -0.1) is 0 Å². The molecule has 1 saturated carbocycles. The Labute approximate surface area is 133 Å². The zero-order valence-electron chi connectivity index (χ0n) is 12.9. The van der Waals surface area contributed by atoms with Crippen LogP contribution in [-0.2, 0) is 11.0 Å². The molecular weight excluding hydrogens is 307 g/mol. The summed E-state index contributed by atoms with van der Waals surface area (Å²) in [7, 11) is 0. The highest BCUT2D eigenvalue weighted by atomic mass is 19.4. The van der Waals surface area contributed by atoms with Gasteiger partial charge < -0.3 is 10.0 Å². The zero-order valence-corrected chi connectivity index (χ0v) is 12.9. The van der Waals surface area contributed by atoms with Gasteiger partial charge in [0, 0.05) is 12.5 Å². The molecule has 0 bridgehead atoms. The first-order chi connectivity index (χ1) is 10.8. The van der Waals surface area contributed by atoms with Crippen molar-refractivity contribution in [3.8, 4) is 0 Å². The number of β-amino-alcohol motifs (C(OH)–C–C–N with tert-alkyl or cyclic N) is 1. The van der Waals surface area contributed by atoms with Gasteiger partial charge in [0.1, 0.15) is 0 Å². The van der Waals surface area contributed by atoms with Crippen LogP contribution in [0.2, 0.25) is 0 Å². The van der Waals surface area contributed by atoms with Crippen molar-refractivity contribution >= 4 is 5.91 Å². The molecule has 23 heavy (non-hydrogen) atoms. The molecule has 3 rings (SSSR count). The number of carbonyl (C=O) groups excluding carboxylic acids is 1. The van der Waals surface area contributed by atoms with Crippen molar-refractivity contribution < 1.29 is 23.1 Å². The summed E-state index contributed by atoms with van der Waals surface area (Å²) in [5.41, 5.74) is -0.285. The van der Waals surface area contributed by atoms with E-state index in [4.69, 9.17) is 0 Å². The number of likely N-dealkylation sites (tertiary alicyclic amines) is 1. The van der Waals surface area contributed by atoms with Crippen molar-refractivity contribution in [2.75, 3.05) is 6.54 Å². The van der Waals surface area contributed by atoms with Gasteiger partial charge in [-0.2, -0.15) is 13.2 Å². The van der Waals surface area contributed by atoms with E-state index in [-0.39, 0.29) is 24.8 Å². The fourth-order valence-electron chi connectivity index (χ4n) is 3.36. The Morgan fingerprint density at radius 3 is 2.65 bits per heavy atom. The molecule has 1 aromatic rings. The molecule has 1 amide bonds. The number of halogens is 3. The maximum absolute atomic E-state index is 12.9. The van der Waals surface area contributed by atoms with E-state index in [9.17, 15) is 23.1 Å². The average molecular weight is 327 g/mol. The molecule has 3 nitrogen and oxygen atoms in total. The number of amides is 1. The molecule has 1 aliphatic carbocycles. The highest BCUT2D eigenvalue weighted by molar-refractivity contribution is 5.80. The van der Waals surface area contributed by atoms with E-state index in [0.29, 0.717) is 11.5 Å². The summed E-state index contributed by atoms with van der Waals surface area (Å²) < 4.78 is 38.7. The van der Waals surface area contributed by atoms with Crippen LogP contribution >= 0.6 is 0 Å². The van der Waals surface area contributed by atoms with Crippen molar-refractivity contribution in [1.82, 2.24) is 4.90 Å². The quantitative estimate of drug-likeness (QED) is 0.924. The van der Waals surface area contributed by atoms with E-state index in [2.05, 4.69) is 0 Å². The van der Waals surface area contributed by atoms with E-state index in [0.717, 1.165) is 25.0 Å². The number of nitrogens with zero attached hydrogens (tertiary/aromatic N) is 1. The first-order valence-electron chi connectivity index (χ1n) is 7.93. The van der Waals surface area contributed by atoms with E-state index in [1.165, 1.54) is 6.07 Å². The van der Waals surface area contributed by atoms with Crippen LogP contribution in [0.4, 0.5) is 13.2 Å². The predicted octanol–water partition coefficient (Wildman–Crippen LogP) is 3.39. The Morgan fingerprint density at radius 1 is 1.35 bits per heavy atom. The molecule has 3 atom stereocenters. The number of carbonyl (C=O) groups is 1. The monoisotopic (exact) mass is 327 g/mol. The standard InChI is InChI=1S/C17H20F3NO2/c1-10(11-5-6-11)16(23)21-9-14(22)8-15(21)12-3-2-4-13(7-12)17(18,19)20/h2-4,7,10-11,14-15,22H,5-6,8-9H2,1H3. The number of alkyl halides is 3. The van der Waals surface area contributed by atoms with Crippen molar-refractivity contribution in [2.45, 2.75) is 44.5 Å². The van der Waals surface area contributed by atoms with E-state index in [1.807, 2.05) is 6.92 Å². The first kappa shape index (κ1) is 16.3. The molecule has 6 heteroatoms. The minimum atomic E-state index is -4.41. The summed E-state index contributed by atoms with van der Waals surface area (Å²) in [6.07, 6.45) is -2.77. The Hall–Kier alpha value is -1.56. The Kier molecular flexibility index (Phi) is 4.12. The molecule has 1 aliphatic heterocycles. The summed E-state index contributed by atoms with van der Waals surface area (Å²) in [6, 6.07) is 4.58. The molecule has 0 aromatic heterocycles. The maximum Gasteiger partial charge on any atom is 0.416 e. The highest BCUT2D eigenvalue weighted by Gasteiger charge is 2.42. The molecule has 3 unspecified atom stereocenters. The average Bonchev–Trinajstić information content (AvgIpc) is 3.27. The minimum absolute atomic E-state index is 0.0635. The van der Waals surface area contributed by atoms with E-state index >= 15 is 0 Å². The van der Waals surface area contributed by atoms with E-state index in [1.54, 1.807) is 11.0 Å². The molecule has 2 fully saturated rings. The lowest BCUT2D eigenvalue weighted by Gasteiger charge is -2.28. The van der Waals surface area contributed by atoms with Crippen molar-refractivity contribution in [3.05, 3.63) is 35.4 Å². The molecular formula is C17H20F3NO2. The van der Waals surface area contributed by atoms with Gasteiger partial charge in [-0.1, -0.05) is 19.1 Å². The number of hydrogen-bond acceptors (Lipinski definition) is 2. The topological polar surface area (TPSA) is 40.5 Å². The van der Waals surface area contributed by atoms with Gasteiger partial charge in [0.05, 0.1) is 17.7 Å². The molecule has 1 heterocycles. The van der Waals surface area contributed by atoms with Gasteiger partial charge in [0.25, 0.3) is 0 Å². The summed E-state index contributed by atoms with van der Waals surface area (Å²) in [4.78, 5) is 14.2. The normalized spacial score (nSPS) is 26.4. The second-order valence-electron chi connectivity index (χ2n) is 6.65. The second kappa shape index (κ2) is 5.82. The van der Waals surface area contributed by atoms with Crippen molar-refractivity contribution in [3.63, 3.8) is 0 Å². The lowest BCUT2D eigenvalue weighted by molar-refractivity contribution is -0.137. The molecule has 1 saturated heterocycles. The molecule has 1 N–H and O–H groups in total. The lowest BCUT2D eigenvalue weighted by atomic mass is 9.99. The Balaban J connectivity index is 1.86. The summed E-state index contributed by atoms with van der Waals surface area (Å²) in [5, 5.41) is 9.93. The summed E-state index contributed by atoms with van der Waals surface area (Å²) in [6.45, 7) is 2.06. The number of hydrogen-bond donors (Lipinski definition) is 1. The van der Waals surface area contributed by atoms with Gasteiger partial charge in [-0.25, -0.2) is 0 Å². The van der Waals surface area contributed by atoms with Crippen molar-refractivity contribution in [2.24, 2.45) is 11.8 Å². The predicted molar refractivity (Wildman–Crippen MR) is 78.4 cm³/mol. The van der Waals surface area contributed by atoms with Crippen molar-refractivity contribution in [1.29, 1.82) is 0 Å². The third kappa shape index (κ3) is 3.37. The number of aliphatic hydroxyl groups excluding tert-OH is 1. The fraction of sp³-hybridized carbons (Fsp3) is 0.588. The van der Waals surface area contributed by atoms with Crippen LogP contribution in [-0.4, -0.2) is 28.6 Å². The van der Waals surface area contributed by atoms with Crippen LogP contribution in [0.3, 0.4) is 0 Å². The molecule has 0 spiro atoms. The second-order valence-corrected chi connectivity index (χ2v) is 6.65. The number of rotatable bonds is 3. The number of benzene rings is 1. The molecule has 0 radical (unpaired) electrons. The van der Waals surface area contributed by atoms with Gasteiger partial charge in [-0.3, -0.25) is 4.79 Å². The SMILES string of the molecule is CC(C(=O)N1CC(O)CC1c1cccc(C(F)(F)F)c1)C1CC1. The first-order valence-corrected chi connectivity index (χ1v) is 7.93. The fourth-order valence-corrected chi connectivity index (χ4v) is 3.36. The number of aliphatic hydroxyl groups is 1. The van der Waals surface area contributed by atoms with Gasteiger partial charge >= 0.3 is 6.18 Å². The molecule has 1 aromatic carbocycles. The Bertz CT molecular complexity index is 598. The van der Waals surface area contributed by atoms with Gasteiger partial charge in [-0.05, 0) is 42.9 Å². The van der Waals surface area contributed by atoms with Crippen LogP contribution in [0.15, 0.2) is 24.3 Å². The highest BCUT2D eigenvalue weighted by Crippen LogP contribution is 2.41. The summed E-state index contributed by atoms with van der Waals surface area (Å²) >= 11 is 0. The van der Waals surface area contributed by atoms with Gasteiger partial charge in [0.2, 0.25) is 5.91 Å². The Morgan fingerprint density at radius 2 is 2.04 bits per heavy atom. The van der Waals surface area contributed by atoms with Crippen LogP contribution in [0.1, 0.15) is 43.4 Å². The van der Waals surface area contributed by atoms with Crippen LogP contribution in [0, 0.1) is 11.8 Å². The smallest absolute Gasteiger partial charge is 0.391 e. The maximum atomic E-state index is 12.9. The van der Waals surface area contributed by atoms with E-state index < -0.39 is 23.9 Å². The minimum Gasteiger partial charge on any atom is -0.391 e. The third-order valence-electron chi connectivity index (χ3n) is 4.88. The largest absolute Gasteiger partial charge is 0.416 e. The van der Waals surface area contributed by atoms with Gasteiger partial charge in [0.15, 0.2) is 0 Å². The van der Waals surface area contributed by atoms with Crippen LogP contribution < -0.4 is 0 Å². The zero-order chi connectivity index (χ0) is 16.8. The summed E-state index contributed by atoms with van der Waals surface area (Å²) in [5.74, 6) is 0.183. The molecule has 126 valence electrons. The molecule has 2 aliphatic rings. The van der Waals surface area contributed by atoms with Crippen LogP contribution in [0.5, 0.6) is 0 Å². The lowest BCUT2D eigenvalue weighted by Crippen LogP contribution is -2.36. The van der Waals surface area contributed by atoms with Crippen LogP contribution in [0.25, 0.3) is 0 Å².